The number of hydrogen-bond donors (Lipinski definition) is 0. The summed E-state index contributed by atoms with van der Waals surface area (Å²) in [6.07, 6.45) is 30.4. The summed E-state index contributed by atoms with van der Waals surface area (Å²) in [6, 6.07) is 12.6. The van der Waals surface area contributed by atoms with Crippen LogP contribution in [-0.4, -0.2) is 57.0 Å². The van der Waals surface area contributed by atoms with E-state index in [9.17, 15) is 29.8 Å². The average molecular weight is 1010 g/mol. The summed E-state index contributed by atoms with van der Waals surface area (Å²) >= 11 is 3.48. The Kier molecular flexibility index (Phi) is 15.0. The molecule has 11 nitrogen and oxygen atoms in total. The summed E-state index contributed by atoms with van der Waals surface area (Å²) in [4.78, 5) is 51.7. The Morgan fingerprint density at radius 1 is 0.565 bits per heavy atom. The fourth-order valence-corrected chi connectivity index (χ4v) is 17.8. The second-order valence-electron chi connectivity index (χ2n) is 24.1. The number of nitrogens with zero attached hydrogens (tertiary/aromatic N) is 3. The number of nitro groups is 2. The minimum Gasteiger partial charge on any atom is -0.459 e. The second-order valence-corrected chi connectivity index (χ2v) is 25.0. The maximum absolute atomic E-state index is 13.4. The average Bonchev–Trinajstić information content (AvgIpc) is 3.37. The van der Waals surface area contributed by atoms with Gasteiger partial charge in [-0.2, -0.15) is 0 Å². The molecule has 10 rings (SSSR count). The number of halogens is 1. The topological polar surface area (TPSA) is 142 Å². The Labute approximate surface area is 418 Å². The normalized spacial score (nSPS) is 37.7. The third-order valence-electron chi connectivity index (χ3n) is 20.9. The van der Waals surface area contributed by atoms with Gasteiger partial charge in [0.15, 0.2) is 0 Å². The minimum absolute atomic E-state index is 0.0704. The zero-order valence-electron chi connectivity index (χ0n) is 41.4. The summed E-state index contributed by atoms with van der Waals surface area (Å²) in [5.41, 5.74) is -0.507. The van der Waals surface area contributed by atoms with Gasteiger partial charge in [0, 0.05) is 34.7 Å². The van der Waals surface area contributed by atoms with E-state index in [0.717, 1.165) is 115 Å². The molecular weight excluding hydrogens is 935 g/mol. The standard InChI is InChI=1S/C57H78BrN3O8/c1-35-6-22-45(23-7-35)59(52-31-13-38-9-8-36-4-3-5-37-12-30-51(52)54(38)53(36)37)46-24-14-41(15-25-46)57(2,42-16-26-49(27-17-42)68-55(62)39-10-20-44(58)21-11-39)43-18-28-50(29-19-43)69-56(63)40-32-47(60(64)65)34-48(33-40)61(66)67/h10-11,20-21,32-38,41-43,45-46,49-54H,3-9,12-19,22-31H2,1-2H3. The van der Waals surface area contributed by atoms with Crippen molar-refractivity contribution in [2.75, 3.05) is 0 Å². The second kappa shape index (κ2) is 21.0. The molecule has 8 atom stereocenters. The van der Waals surface area contributed by atoms with Crippen LogP contribution in [0.3, 0.4) is 0 Å². The van der Waals surface area contributed by atoms with Crippen LogP contribution in [0, 0.1) is 84.8 Å². The number of rotatable bonds is 12. The zero-order chi connectivity index (χ0) is 48.0. The molecule has 0 aliphatic heterocycles. The molecule has 8 fully saturated rings. The van der Waals surface area contributed by atoms with Crippen molar-refractivity contribution in [3.05, 3.63) is 78.3 Å². The number of carbonyl (C=O) groups is 2. The lowest BCUT2D eigenvalue weighted by molar-refractivity contribution is -0.394. The highest BCUT2D eigenvalue weighted by Crippen LogP contribution is 2.62. The molecule has 8 saturated carbocycles. The van der Waals surface area contributed by atoms with E-state index in [0.29, 0.717) is 42.2 Å². The van der Waals surface area contributed by atoms with Crippen LogP contribution < -0.4 is 0 Å². The molecule has 69 heavy (non-hydrogen) atoms. The first-order chi connectivity index (χ1) is 33.3. The van der Waals surface area contributed by atoms with Gasteiger partial charge in [-0.25, -0.2) is 9.59 Å². The van der Waals surface area contributed by atoms with E-state index >= 15 is 0 Å². The molecule has 2 aromatic rings. The van der Waals surface area contributed by atoms with Gasteiger partial charge >= 0.3 is 11.9 Å². The first-order valence-electron chi connectivity index (χ1n) is 27.7. The molecule has 12 heteroatoms. The molecule has 2 aromatic carbocycles. The van der Waals surface area contributed by atoms with Crippen molar-refractivity contribution in [3.8, 4) is 0 Å². The van der Waals surface area contributed by atoms with Crippen LogP contribution >= 0.6 is 15.9 Å². The highest BCUT2D eigenvalue weighted by atomic mass is 79.9. The molecule has 0 aromatic heterocycles. The van der Waals surface area contributed by atoms with Crippen LogP contribution in [0.5, 0.6) is 0 Å². The lowest BCUT2D eigenvalue weighted by Crippen LogP contribution is -2.61. The van der Waals surface area contributed by atoms with Crippen LogP contribution in [-0.2, 0) is 9.47 Å². The van der Waals surface area contributed by atoms with Crippen molar-refractivity contribution < 1.29 is 28.9 Å². The van der Waals surface area contributed by atoms with E-state index < -0.39 is 27.2 Å². The van der Waals surface area contributed by atoms with Crippen LogP contribution in [0.25, 0.3) is 0 Å². The van der Waals surface area contributed by atoms with E-state index in [2.05, 4.69) is 34.7 Å². The SMILES string of the molecule is CC1CCC(N(C2CCC(C(C)(C3CCC(OC(=O)c4ccc(Br)cc4)CC3)C3CCC(OC(=O)c4cc([N+](=O)[O-])cc([N+](=O)[O-])c4)CC3)CC2)C2CCC3CCC4CCCC5CCC2C3C45)CC1. The molecular formula is C57H78BrN3O8. The highest BCUT2D eigenvalue weighted by Gasteiger charge is 2.56. The predicted octanol–water partition coefficient (Wildman–Crippen LogP) is 14.5. The third-order valence-corrected chi connectivity index (χ3v) is 21.4. The van der Waals surface area contributed by atoms with Gasteiger partial charge < -0.3 is 9.47 Å². The van der Waals surface area contributed by atoms with Crippen LogP contribution in [0.1, 0.15) is 195 Å². The Balaban J connectivity index is 0.858. The van der Waals surface area contributed by atoms with Crippen molar-refractivity contribution >= 4 is 39.2 Å². The fourth-order valence-electron chi connectivity index (χ4n) is 17.6. The van der Waals surface area contributed by atoms with Gasteiger partial charge in [0.2, 0.25) is 0 Å². The number of non-ortho nitro benzene ring substituents is 2. The number of benzene rings is 2. The minimum atomic E-state index is -0.747. The van der Waals surface area contributed by atoms with Crippen LogP contribution in [0.2, 0.25) is 0 Å². The Hall–Kier alpha value is -3.38. The summed E-state index contributed by atoms with van der Waals surface area (Å²) in [5, 5.41) is 23.2. The summed E-state index contributed by atoms with van der Waals surface area (Å²) < 4.78 is 13.1. The van der Waals surface area contributed by atoms with Gasteiger partial charge in [0.1, 0.15) is 12.2 Å². The first-order valence-corrected chi connectivity index (χ1v) is 28.5. The van der Waals surface area contributed by atoms with Gasteiger partial charge in [-0.15, -0.1) is 0 Å². The largest absolute Gasteiger partial charge is 0.459 e. The number of ether oxygens (including phenoxy) is 2. The van der Waals surface area contributed by atoms with Crippen molar-refractivity contribution in [3.63, 3.8) is 0 Å². The fraction of sp³-hybridized carbons (Fsp3) is 0.754. The maximum atomic E-state index is 13.4. The molecule has 0 radical (unpaired) electrons. The van der Waals surface area contributed by atoms with Gasteiger partial charge in [0.05, 0.1) is 27.0 Å². The van der Waals surface area contributed by atoms with E-state index in [-0.39, 0.29) is 29.2 Å². The predicted molar refractivity (Wildman–Crippen MR) is 270 cm³/mol. The van der Waals surface area contributed by atoms with E-state index in [1.807, 2.05) is 24.3 Å². The molecule has 8 unspecified atom stereocenters. The van der Waals surface area contributed by atoms with Gasteiger partial charge in [0.25, 0.3) is 11.4 Å². The molecule has 0 saturated heterocycles. The van der Waals surface area contributed by atoms with Gasteiger partial charge in [-0.1, -0.05) is 49.0 Å². The molecule has 0 amide bonds. The highest BCUT2D eigenvalue weighted by molar-refractivity contribution is 9.10. The summed E-state index contributed by atoms with van der Waals surface area (Å²) in [7, 11) is 0. The molecule has 0 bridgehead atoms. The van der Waals surface area contributed by atoms with Gasteiger partial charge in [-0.3, -0.25) is 25.1 Å². The number of nitro benzene ring substituents is 2. The number of carbonyl (C=O) groups excluding carboxylic acids is 2. The van der Waals surface area contributed by atoms with E-state index in [4.69, 9.17) is 9.47 Å². The summed E-state index contributed by atoms with van der Waals surface area (Å²) in [6.45, 7) is 5.09. The lowest BCUT2D eigenvalue weighted by atomic mass is 9.47. The smallest absolute Gasteiger partial charge is 0.338 e. The molecule has 8 aliphatic carbocycles. The van der Waals surface area contributed by atoms with Gasteiger partial charge in [-0.05, 0) is 230 Å². The van der Waals surface area contributed by atoms with E-state index in [1.165, 1.54) is 109 Å². The van der Waals surface area contributed by atoms with Crippen LogP contribution in [0.15, 0.2) is 46.9 Å². The first kappa shape index (κ1) is 49.2. The Morgan fingerprint density at radius 3 is 1.54 bits per heavy atom. The van der Waals surface area contributed by atoms with Crippen LogP contribution in [0.4, 0.5) is 11.4 Å². The quantitative estimate of drug-likeness (QED) is 0.115. The monoisotopic (exact) mass is 1010 g/mol. The van der Waals surface area contributed by atoms with Crippen molar-refractivity contribution in [2.45, 2.75) is 205 Å². The van der Waals surface area contributed by atoms with E-state index in [1.54, 1.807) is 0 Å². The molecule has 0 heterocycles. The Bertz CT molecular complexity index is 2120. The number of hydrogen-bond acceptors (Lipinski definition) is 9. The Morgan fingerprint density at radius 2 is 1.01 bits per heavy atom. The molecule has 0 spiro atoms. The maximum Gasteiger partial charge on any atom is 0.338 e. The lowest BCUT2D eigenvalue weighted by Gasteiger charge is -2.62. The number of esters is 2. The molecule has 0 N–H and O–H groups in total. The van der Waals surface area contributed by atoms with Crippen molar-refractivity contribution in [2.24, 2.45) is 64.6 Å². The van der Waals surface area contributed by atoms with Crippen molar-refractivity contribution in [1.29, 1.82) is 0 Å². The zero-order valence-corrected chi connectivity index (χ0v) is 43.0. The van der Waals surface area contributed by atoms with Crippen molar-refractivity contribution in [1.82, 2.24) is 4.90 Å². The third kappa shape index (κ3) is 10.2. The summed E-state index contributed by atoms with van der Waals surface area (Å²) in [5.74, 6) is 7.17. The molecule has 8 aliphatic rings. The molecule has 376 valence electrons.